The second kappa shape index (κ2) is 8.28. The molecule has 0 fully saturated rings. The van der Waals surface area contributed by atoms with E-state index in [1.54, 1.807) is 18.2 Å². The van der Waals surface area contributed by atoms with E-state index in [1.165, 1.54) is 21.3 Å². The fourth-order valence-electron chi connectivity index (χ4n) is 2.33. The van der Waals surface area contributed by atoms with Crippen molar-refractivity contribution in [2.75, 3.05) is 26.6 Å². The van der Waals surface area contributed by atoms with Crippen molar-refractivity contribution in [1.82, 2.24) is 0 Å². The molecule has 6 heteroatoms. The van der Waals surface area contributed by atoms with Gasteiger partial charge in [0.2, 0.25) is 5.75 Å². The van der Waals surface area contributed by atoms with Crippen molar-refractivity contribution in [3.05, 3.63) is 42.0 Å². The predicted molar refractivity (Wildman–Crippen MR) is 96.3 cm³/mol. The van der Waals surface area contributed by atoms with Crippen LogP contribution in [0.1, 0.15) is 24.2 Å². The molecular weight excluding hydrogens is 322 g/mol. The van der Waals surface area contributed by atoms with Crippen LogP contribution >= 0.6 is 0 Å². The first kappa shape index (κ1) is 18.4. The van der Waals surface area contributed by atoms with Crippen molar-refractivity contribution in [3.63, 3.8) is 0 Å². The number of amides is 1. The van der Waals surface area contributed by atoms with Crippen molar-refractivity contribution < 1.29 is 23.7 Å². The molecule has 0 spiro atoms. The minimum Gasteiger partial charge on any atom is -0.493 e. The van der Waals surface area contributed by atoms with Crippen LogP contribution in [-0.2, 0) is 0 Å². The van der Waals surface area contributed by atoms with Gasteiger partial charge in [0.05, 0.1) is 33.1 Å². The zero-order valence-electron chi connectivity index (χ0n) is 15.1. The molecule has 134 valence electrons. The van der Waals surface area contributed by atoms with Gasteiger partial charge in [-0.2, -0.15) is 0 Å². The van der Waals surface area contributed by atoms with Crippen LogP contribution in [0.2, 0.25) is 0 Å². The molecule has 2 aromatic rings. The number of anilines is 1. The predicted octanol–water partition coefficient (Wildman–Crippen LogP) is 3.75. The van der Waals surface area contributed by atoms with Crippen molar-refractivity contribution in [1.29, 1.82) is 0 Å². The topological polar surface area (TPSA) is 66.0 Å². The Morgan fingerprint density at radius 3 is 2.04 bits per heavy atom. The standard InChI is InChI=1S/C19H23NO5/c1-12(2)25-15-9-7-6-8-14(15)20-19(21)13-10-16(22-3)18(24-5)17(11-13)23-4/h6-12H,1-5H3,(H,20,21). The summed E-state index contributed by atoms with van der Waals surface area (Å²) in [4.78, 5) is 12.7. The molecule has 0 saturated heterocycles. The Hall–Kier alpha value is -2.89. The SMILES string of the molecule is COc1cc(C(=O)Nc2ccccc2OC(C)C)cc(OC)c1OC. The maximum atomic E-state index is 12.7. The third-order valence-electron chi connectivity index (χ3n) is 3.42. The van der Waals surface area contributed by atoms with Crippen molar-refractivity contribution in [3.8, 4) is 23.0 Å². The number of hydrogen-bond donors (Lipinski definition) is 1. The maximum absolute atomic E-state index is 12.7. The number of rotatable bonds is 7. The smallest absolute Gasteiger partial charge is 0.256 e. The zero-order valence-corrected chi connectivity index (χ0v) is 15.1. The fourth-order valence-corrected chi connectivity index (χ4v) is 2.33. The summed E-state index contributed by atoms with van der Waals surface area (Å²) in [7, 11) is 4.52. The van der Waals surface area contributed by atoms with Gasteiger partial charge in [-0.05, 0) is 38.1 Å². The Balaban J connectivity index is 2.33. The van der Waals surface area contributed by atoms with E-state index in [1.807, 2.05) is 32.0 Å². The molecule has 0 unspecified atom stereocenters. The van der Waals surface area contributed by atoms with Crippen LogP contribution in [0.15, 0.2) is 36.4 Å². The van der Waals surface area contributed by atoms with Crippen LogP contribution in [-0.4, -0.2) is 33.3 Å². The molecule has 1 N–H and O–H groups in total. The molecular formula is C19H23NO5. The van der Waals surface area contributed by atoms with E-state index >= 15 is 0 Å². The van der Waals surface area contributed by atoms with Gasteiger partial charge >= 0.3 is 0 Å². The summed E-state index contributed by atoms with van der Waals surface area (Å²) in [5, 5.41) is 2.86. The van der Waals surface area contributed by atoms with E-state index in [-0.39, 0.29) is 12.0 Å². The molecule has 0 heterocycles. The highest BCUT2D eigenvalue weighted by Crippen LogP contribution is 2.38. The van der Waals surface area contributed by atoms with Gasteiger partial charge < -0.3 is 24.3 Å². The molecule has 2 aromatic carbocycles. The Labute approximate surface area is 147 Å². The average molecular weight is 345 g/mol. The number of ether oxygens (including phenoxy) is 4. The van der Waals surface area contributed by atoms with Gasteiger partial charge in [0, 0.05) is 5.56 Å². The highest BCUT2D eigenvalue weighted by atomic mass is 16.5. The molecule has 0 aliphatic rings. The van der Waals surface area contributed by atoms with Gasteiger partial charge in [-0.15, -0.1) is 0 Å². The minimum atomic E-state index is -0.306. The fraction of sp³-hybridized carbons (Fsp3) is 0.316. The Bertz CT molecular complexity index is 717. The van der Waals surface area contributed by atoms with Gasteiger partial charge in [0.1, 0.15) is 5.75 Å². The molecule has 2 rings (SSSR count). The first-order valence-corrected chi connectivity index (χ1v) is 7.87. The molecule has 0 bridgehead atoms. The number of methoxy groups -OCH3 is 3. The number of carbonyl (C=O) groups is 1. The highest BCUT2D eigenvalue weighted by molar-refractivity contribution is 6.05. The number of carbonyl (C=O) groups excluding carboxylic acids is 1. The zero-order chi connectivity index (χ0) is 18.4. The van der Waals surface area contributed by atoms with Crippen LogP contribution in [0.25, 0.3) is 0 Å². The van der Waals surface area contributed by atoms with E-state index in [9.17, 15) is 4.79 Å². The second-order valence-corrected chi connectivity index (χ2v) is 5.53. The first-order chi connectivity index (χ1) is 12.0. The molecule has 0 aliphatic carbocycles. The third kappa shape index (κ3) is 4.35. The molecule has 0 aromatic heterocycles. The summed E-state index contributed by atoms with van der Waals surface area (Å²) in [6, 6.07) is 10.5. The van der Waals surface area contributed by atoms with Gasteiger partial charge in [0.25, 0.3) is 5.91 Å². The Kier molecular flexibility index (Phi) is 6.11. The number of nitrogens with one attached hydrogen (secondary N) is 1. The van der Waals surface area contributed by atoms with Crippen molar-refractivity contribution in [2.45, 2.75) is 20.0 Å². The monoisotopic (exact) mass is 345 g/mol. The summed E-state index contributed by atoms with van der Waals surface area (Å²) in [6.45, 7) is 3.86. The molecule has 1 amide bonds. The van der Waals surface area contributed by atoms with E-state index in [0.717, 1.165) is 0 Å². The van der Waals surface area contributed by atoms with Gasteiger partial charge in [0.15, 0.2) is 11.5 Å². The van der Waals surface area contributed by atoms with Crippen LogP contribution in [0.5, 0.6) is 23.0 Å². The van der Waals surface area contributed by atoms with E-state index in [4.69, 9.17) is 18.9 Å². The molecule has 25 heavy (non-hydrogen) atoms. The molecule has 0 aliphatic heterocycles. The third-order valence-corrected chi connectivity index (χ3v) is 3.42. The van der Waals surface area contributed by atoms with E-state index in [2.05, 4.69) is 5.32 Å². The largest absolute Gasteiger partial charge is 0.493 e. The lowest BCUT2D eigenvalue weighted by molar-refractivity contribution is 0.102. The molecule has 6 nitrogen and oxygen atoms in total. The Morgan fingerprint density at radius 2 is 1.52 bits per heavy atom. The second-order valence-electron chi connectivity index (χ2n) is 5.53. The van der Waals surface area contributed by atoms with E-state index in [0.29, 0.717) is 34.2 Å². The van der Waals surface area contributed by atoms with Crippen LogP contribution in [0.4, 0.5) is 5.69 Å². The minimum absolute atomic E-state index is 0.000716. The maximum Gasteiger partial charge on any atom is 0.256 e. The summed E-state index contributed by atoms with van der Waals surface area (Å²) in [6.07, 6.45) is -0.000716. The quantitative estimate of drug-likeness (QED) is 0.828. The van der Waals surface area contributed by atoms with Gasteiger partial charge in [-0.1, -0.05) is 12.1 Å². The van der Waals surface area contributed by atoms with Crippen molar-refractivity contribution >= 4 is 11.6 Å². The average Bonchev–Trinajstić information content (AvgIpc) is 2.61. The lowest BCUT2D eigenvalue weighted by atomic mass is 10.1. The number of benzene rings is 2. The van der Waals surface area contributed by atoms with E-state index < -0.39 is 0 Å². The Morgan fingerprint density at radius 1 is 0.920 bits per heavy atom. The van der Waals surface area contributed by atoms with Crippen molar-refractivity contribution in [2.24, 2.45) is 0 Å². The lowest BCUT2D eigenvalue weighted by Crippen LogP contribution is -2.15. The summed E-state index contributed by atoms with van der Waals surface area (Å²) >= 11 is 0. The normalized spacial score (nSPS) is 10.3. The number of hydrogen-bond acceptors (Lipinski definition) is 5. The van der Waals surface area contributed by atoms with Crippen LogP contribution in [0, 0.1) is 0 Å². The molecule has 0 radical (unpaired) electrons. The summed E-state index contributed by atoms with van der Waals surface area (Å²) in [5.41, 5.74) is 0.976. The summed E-state index contributed by atoms with van der Waals surface area (Å²) in [5.74, 6) is 1.57. The number of para-hydroxylation sites is 2. The van der Waals surface area contributed by atoms with Gasteiger partial charge in [-0.25, -0.2) is 0 Å². The molecule has 0 atom stereocenters. The lowest BCUT2D eigenvalue weighted by Gasteiger charge is -2.16. The van der Waals surface area contributed by atoms with Crippen LogP contribution in [0.3, 0.4) is 0 Å². The highest BCUT2D eigenvalue weighted by Gasteiger charge is 2.18. The van der Waals surface area contributed by atoms with Crippen LogP contribution < -0.4 is 24.3 Å². The first-order valence-electron chi connectivity index (χ1n) is 7.87. The molecule has 0 saturated carbocycles. The summed E-state index contributed by atoms with van der Waals surface area (Å²) < 4.78 is 21.6. The van der Waals surface area contributed by atoms with Gasteiger partial charge in [-0.3, -0.25) is 4.79 Å².